The van der Waals surface area contributed by atoms with E-state index in [-0.39, 0.29) is 12.5 Å². The monoisotopic (exact) mass is 342 g/mol. The summed E-state index contributed by atoms with van der Waals surface area (Å²) in [6.07, 6.45) is 5.69. The Morgan fingerprint density at radius 2 is 2.08 bits per heavy atom. The van der Waals surface area contributed by atoms with Crippen LogP contribution >= 0.6 is 0 Å². The second kappa shape index (κ2) is 8.63. The van der Waals surface area contributed by atoms with Crippen molar-refractivity contribution in [3.8, 4) is 0 Å². The van der Waals surface area contributed by atoms with Crippen molar-refractivity contribution in [3.05, 3.63) is 41.5 Å². The number of nitrogens with zero attached hydrogens (tertiary/aromatic N) is 2. The summed E-state index contributed by atoms with van der Waals surface area (Å²) in [5.41, 5.74) is 2.64. The maximum Gasteiger partial charge on any atom is 0.222 e. The second-order valence-electron chi connectivity index (χ2n) is 7.46. The van der Waals surface area contributed by atoms with Crippen LogP contribution in [0.5, 0.6) is 0 Å². The first kappa shape index (κ1) is 18.2. The molecule has 0 aromatic heterocycles. The molecule has 0 bridgehead atoms. The molecule has 2 atom stereocenters. The summed E-state index contributed by atoms with van der Waals surface area (Å²) in [4.78, 5) is 16.8. The normalized spacial score (nSPS) is 25.1. The van der Waals surface area contributed by atoms with Gasteiger partial charge in [-0.15, -0.1) is 0 Å². The van der Waals surface area contributed by atoms with Crippen molar-refractivity contribution in [1.82, 2.24) is 9.80 Å². The van der Waals surface area contributed by atoms with Crippen molar-refractivity contribution in [3.63, 3.8) is 0 Å². The van der Waals surface area contributed by atoms with Crippen LogP contribution in [0.15, 0.2) is 35.9 Å². The molecule has 0 spiro atoms. The molecule has 0 radical (unpaired) electrons. The van der Waals surface area contributed by atoms with E-state index in [0.717, 1.165) is 32.5 Å². The number of benzene rings is 1. The molecular formula is C21H30N2O2. The Bertz CT molecular complexity index is 599. The molecule has 1 amide bonds. The van der Waals surface area contributed by atoms with Gasteiger partial charge in [-0.3, -0.25) is 9.69 Å². The maximum absolute atomic E-state index is 12.2. The minimum Gasteiger partial charge on any atom is -0.396 e. The van der Waals surface area contributed by atoms with E-state index in [1.54, 1.807) is 0 Å². The Morgan fingerprint density at radius 1 is 1.28 bits per heavy atom. The molecular weight excluding hydrogens is 312 g/mol. The largest absolute Gasteiger partial charge is 0.396 e. The molecule has 0 unspecified atom stereocenters. The first-order valence-corrected chi connectivity index (χ1v) is 9.52. The van der Waals surface area contributed by atoms with E-state index in [2.05, 4.69) is 42.2 Å². The lowest BCUT2D eigenvalue weighted by molar-refractivity contribution is -0.141. The smallest absolute Gasteiger partial charge is 0.222 e. The van der Waals surface area contributed by atoms with Crippen LogP contribution in [-0.4, -0.2) is 59.6 Å². The number of likely N-dealkylation sites (tertiary alicyclic amines) is 2. The number of fused-ring (bicyclic) bond motifs is 1. The lowest BCUT2D eigenvalue weighted by Gasteiger charge is -2.47. The van der Waals surface area contributed by atoms with Crippen molar-refractivity contribution in [2.45, 2.75) is 38.6 Å². The van der Waals surface area contributed by atoms with Crippen molar-refractivity contribution >= 4 is 12.0 Å². The fourth-order valence-electron chi connectivity index (χ4n) is 4.33. The van der Waals surface area contributed by atoms with Gasteiger partial charge in [-0.2, -0.15) is 0 Å². The number of rotatable bonds is 6. The summed E-state index contributed by atoms with van der Waals surface area (Å²) in [6.45, 7) is 6.21. The Labute approximate surface area is 151 Å². The third kappa shape index (κ3) is 4.71. The second-order valence-corrected chi connectivity index (χ2v) is 7.46. The van der Waals surface area contributed by atoms with Gasteiger partial charge in [0.05, 0.1) is 0 Å². The van der Waals surface area contributed by atoms with E-state index in [9.17, 15) is 4.79 Å². The Balaban J connectivity index is 1.58. The van der Waals surface area contributed by atoms with E-state index in [4.69, 9.17) is 5.11 Å². The van der Waals surface area contributed by atoms with Gasteiger partial charge < -0.3 is 10.0 Å². The number of hydrogen-bond donors (Lipinski definition) is 1. The Morgan fingerprint density at radius 3 is 2.84 bits per heavy atom. The van der Waals surface area contributed by atoms with Gasteiger partial charge in [-0.05, 0) is 37.7 Å². The summed E-state index contributed by atoms with van der Waals surface area (Å²) >= 11 is 0. The van der Waals surface area contributed by atoms with Crippen LogP contribution < -0.4 is 0 Å². The van der Waals surface area contributed by atoms with Gasteiger partial charge in [-0.1, -0.05) is 42.0 Å². The molecule has 0 saturated carbocycles. The van der Waals surface area contributed by atoms with Gasteiger partial charge in [0.2, 0.25) is 5.91 Å². The minimum absolute atomic E-state index is 0.163. The van der Waals surface area contributed by atoms with Gasteiger partial charge in [0.15, 0.2) is 0 Å². The van der Waals surface area contributed by atoms with Crippen molar-refractivity contribution < 1.29 is 9.90 Å². The minimum atomic E-state index is 0.163. The van der Waals surface area contributed by atoms with Crippen LogP contribution in [0.3, 0.4) is 0 Å². The van der Waals surface area contributed by atoms with Crippen LogP contribution in [0, 0.1) is 5.92 Å². The van der Waals surface area contributed by atoms with Gasteiger partial charge in [-0.25, -0.2) is 0 Å². The molecule has 4 nitrogen and oxygen atoms in total. The Kier molecular flexibility index (Phi) is 6.27. The van der Waals surface area contributed by atoms with Crippen LogP contribution in [0.25, 0.3) is 6.08 Å². The van der Waals surface area contributed by atoms with Gasteiger partial charge in [0.1, 0.15) is 0 Å². The fourth-order valence-corrected chi connectivity index (χ4v) is 4.33. The molecule has 136 valence electrons. The highest BCUT2D eigenvalue weighted by Gasteiger charge is 2.38. The molecule has 1 aromatic carbocycles. The van der Waals surface area contributed by atoms with Crippen molar-refractivity contribution in [1.29, 1.82) is 0 Å². The zero-order valence-corrected chi connectivity index (χ0v) is 15.2. The molecule has 2 heterocycles. The summed E-state index contributed by atoms with van der Waals surface area (Å²) in [7, 11) is 0. The quantitative estimate of drug-likeness (QED) is 0.864. The number of carbonyl (C=O) groups excluding carboxylic acids is 1. The van der Waals surface area contributed by atoms with Crippen molar-refractivity contribution in [2.75, 3.05) is 32.8 Å². The highest BCUT2D eigenvalue weighted by Crippen LogP contribution is 2.31. The molecule has 1 N–H and O–H groups in total. The van der Waals surface area contributed by atoms with Crippen molar-refractivity contribution in [2.24, 2.45) is 5.92 Å². The maximum atomic E-state index is 12.2. The summed E-state index contributed by atoms with van der Waals surface area (Å²) in [6, 6.07) is 10.9. The first-order chi connectivity index (χ1) is 12.2. The zero-order valence-electron chi connectivity index (χ0n) is 15.2. The van der Waals surface area contributed by atoms with E-state index in [1.807, 2.05) is 11.0 Å². The molecule has 2 aliphatic rings. The number of piperidine rings is 2. The summed E-state index contributed by atoms with van der Waals surface area (Å²) < 4.78 is 0. The number of amides is 1. The van der Waals surface area contributed by atoms with Crippen LogP contribution in [0.4, 0.5) is 0 Å². The standard InChI is InChI=1S/C21H30N2O2/c1-17(14-18-6-3-2-4-7-18)15-22-12-10-20-19(16-22)8-9-21(25)23(20)11-5-13-24/h2-4,6-7,14,19-20,24H,5,8-13,15-16H2,1H3/t19-,20+/m0/s1. The van der Waals surface area contributed by atoms with Gasteiger partial charge in [0, 0.05) is 45.2 Å². The average Bonchev–Trinajstić information content (AvgIpc) is 2.62. The first-order valence-electron chi connectivity index (χ1n) is 9.52. The van der Waals surface area contributed by atoms with Crippen LogP contribution in [-0.2, 0) is 4.79 Å². The highest BCUT2D eigenvalue weighted by atomic mass is 16.3. The van der Waals surface area contributed by atoms with Crippen LogP contribution in [0.2, 0.25) is 0 Å². The third-order valence-corrected chi connectivity index (χ3v) is 5.47. The molecule has 3 rings (SSSR count). The lowest BCUT2D eigenvalue weighted by Crippen LogP contribution is -2.56. The SMILES string of the molecule is CC(=Cc1ccccc1)CN1CC[C@@H]2[C@@H](CCC(=O)N2CCCO)C1. The Hall–Kier alpha value is -1.65. The molecule has 2 saturated heterocycles. The topological polar surface area (TPSA) is 43.8 Å². The number of aliphatic hydroxyl groups is 1. The molecule has 25 heavy (non-hydrogen) atoms. The predicted molar refractivity (Wildman–Crippen MR) is 101 cm³/mol. The summed E-state index contributed by atoms with van der Waals surface area (Å²) in [5, 5.41) is 9.09. The molecule has 2 fully saturated rings. The lowest BCUT2D eigenvalue weighted by atomic mass is 9.83. The van der Waals surface area contributed by atoms with Gasteiger partial charge in [0.25, 0.3) is 0 Å². The molecule has 1 aromatic rings. The third-order valence-electron chi connectivity index (χ3n) is 5.47. The van der Waals surface area contributed by atoms with E-state index < -0.39 is 0 Å². The molecule has 4 heteroatoms. The zero-order chi connectivity index (χ0) is 17.6. The van der Waals surface area contributed by atoms with E-state index in [0.29, 0.717) is 31.3 Å². The summed E-state index contributed by atoms with van der Waals surface area (Å²) in [5.74, 6) is 0.859. The number of carbonyl (C=O) groups is 1. The highest BCUT2D eigenvalue weighted by molar-refractivity contribution is 5.77. The molecule has 0 aliphatic carbocycles. The van der Waals surface area contributed by atoms with E-state index in [1.165, 1.54) is 11.1 Å². The molecule has 2 aliphatic heterocycles. The fraction of sp³-hybridized carbons (Fsp3) is 0.571. The van der Waals surface area contributed by atoms with E-state index >= 15 is 0 Å². The average molecular weight is 342 g/mol. The van der Waals surface area contributed by atoms with Gasteiger partial charge >= 0.3 is 0 Å². The van der Waals surface area contributed by atoms with Crippen LogP contribution in [0.1, 0.15) is 38.2 Å². The number of aliphatic hydroxyl groups excluding tert-OH is 1. The number of hydrogen-bond acceptors (Lipinski definition) is 3. The predicted octanol–water partition coefficient (Wildman–Crippen LogP) is 2.79.